The smallest absolute Gasteiger partial charge is 0.137 e. The van der Waals surface area contributed by atoms with Crippen LogP contribution < -0.4 is 15.2 Å². The Labute approximate surface area is 125 Å². The second-order valence-corrected chi connectivity index (χ2v) is 4.89. The molecule has 4 nitrogen and oxygen atoms in total. The van der Waals surface area contributed by atoms with Crippen molar-refractivity contribution in [2.75, 3.05) is 12.8 Å². The van der Waals surface area contributed by atoms with Gasteiger partial charge in [0, 0.05) is 5.69 Å². The van der Waals surface area contributed by atoms with Gasteiger partial charge in [-0.25, -0.2) is 0 Å². The molecule has 0 aromatic heterocycles. The normalized spacial score (nSPS) is 9.85. The minimum atomic E-state index is 0.365. The Morgan fingerprint density at radius 2 is 2.05 bits per heavy atom. The Morgan fingerprint density at radius 1 is 1.25 bits per heavy atom. The molecule has 0 aliphatic rings. The number of nitrogens with two attached hydrogens (primary N) is 1. The van der Waals surface area contributed by atoms with Crippen LogP contribution in [0.2, 0.25) is 0 Å². The van der Waals surface area contributed by atoms with Gasteiger partial charge in [-0.3, -0.25) is 0 Å². The van der Waals surface area contributed by atoms with Crippen LogP contribution in [-0.2, 0) is 6.61 Å². The van der Waals surface area contributed by atoms with Gasteiger partial charge in [-0.1, -0.05) is 12.1 Å². The van der Waals surface area contributed by atoms with Gasteiger partial charge in [0.05, 0.1) is 17.1 Å². The summed E-state index contributed by atoms with van der Waals surface area (Å²) in [5.41, 5.74) is 7.83. The number of nitriles is 1. The van der Waals surface area contributed by atoms with Crippen LogP contribution in [0.3, 0.4) is 0 Å². The van der Waals surface area contributed by atoms with Crippen LogP contribution in [0.15, 0.2) is 40.9 Å². The van der Waals surface area contributed by atoms with E-state index in [2.05, 4.69) is 22.0 Å². The van der Waals surface area contributed by atoms with Gasteiger partial charge in [-0.05, 0) is 45.8 Å². The molecule has 0 unspecified atom stereocenters. The molecule has 0 radical (unpaired) electrons. The molecule has 2 aromatic carbocycles. The van der Waals surface area contributed by atoms with Gasteiger partial charge in [0.25, 0.3) is 0 Å². The molecule has 0 bridgehead atoms. The lowest BCUT2D eigenvalue weighted by atomic mass is 10.1. The van der Waals surface area contributed by atoms with Gasteiger partial charge in [0.2, 0.25) is 0 Å². The van der Waals surface area contributed by atoms with E-state index >= 15 is 0 Å². The van der Waals surface area contributed by atoms with Crippen molar-refractivity contribution < 1.29 is 9.47 Å². The van der Waals surface area contributed by atoms with Gasteiger partial charge >= 0.3 is 0 Å². The molecule has 2 aromatic rings. The van der Waals surface area contributed by atoms with E-state index in [-0.39, 0.29) is 0 Å². The van der Waals surface area contributed by atoms with E-state index in [0.29, 0.717) is 29.4 Å². The van der Waals surface area contributed by atoms with E-state index in [9.17, 15) is 0 Å². The van der Waals surface area contributed by atoms with Crippen LogP contribution in [-0.4, -0.2) is 7.11 Å². The first-order valence-corrected chi connectivity index (χ1v) is 6.69. The van der Waals surface area contributed by atoms with Crippen LogP contribution >= 0.6 is 15.9 Å². The highest BCUT2D eigenvalue weighted by atomic mass is 79.9. The standard InChI is InChI=1S/C15H13BrN2O2/c1-19-14-7-10(5-6-11(14)8-17)9-20-13-4-2-3-12(18)15(13)16/h2-7H,9,18H2,1H3. The number of rotatable bonds is 4. The highest BCUT2D eigenvalue weighted by Gasteiger charge is 2.07. The lowest BCUT2D eigenvalue weighted by molar-refractivity contribution is 0.303. The van der Waals surface area contributed by atoms with E-state index < -0.39 is 0 Å². The maximum absolute atomic E-state index is 8.93. The van der Waals surface area contributed by atoms with Gasteiger partial charge in [-0.15, -0.1) is 0 Å². The van der Waals surface area contributed by atoms with Gasteiger partial charge in [0.1, 0.15) is 24.2 Å². The Balaban J connectivity index is 2.15. The first kappa shape index (κ1) is 14.2. The zero-order valence-electron chi connectivity index (χ0n) is 10.9. The Bertz CT molecular complexity index is 665. The molecule has 0 fully saturated rings. The summed E-state index contributed by atoms with van der Waals surface area (Å²) in [6.45, 7) is 0.365. The summed E-state index contributed by atoms with van der Waals surface area (Å²) in [4.78, 5) is 0. The van der Waals surface area contributed by atoms with E-state index in [1.54, 1.807) is 18.2 Å². The SMILES string of the molecule is COc1cc(COc2cccc(N)c2Br)ccc1C#N. The lowest BCUT2D eigenvalue weighted by Gasteiger charge is -2.11. The predicted molar refractivity (Wildman–Crippen MR) is 80.6 cm³/mol. The fourth-order valence-electron chi connectivity index (χ4n) is 1.72. The van der Waals surface area contributed by atoms with E-state index in [4.69, 9.17) is 20.5 Å². The third-order valence-corrected chi connectivity index (χ3v) is 3.62. The predicted octanol–water partition coefficient (Wildman–Crippen LogP) is 3.49. The van der Waals surface area contributed by atoms with Crippen molar-refractivity contribution in [2.24, 2.45) is 0 Å². The third kappa shape index (κ3) is 3.03. The fourth-order valence-corrected chi connectivity index (χ4v) is 2.10. The van der Waals surface area contributed by atoms with Gasteiger partial charge in [-0.2, -0.15) is 5.26 Å². The maximum atomic E-state index is 8.93. The van der Waals surface area contributed by atoms with E-state index in [1.807, 2.05) is 18.2 Å². The average Bonchev–Trinajstić information content (AvgIpc) is 2.48. The zero-order valence-corrected chi connectivity index (χ0v) is 12.5. The molecule has 2 rings (SSSR count). The molecule has 2 N–H and O–H groups in total. The number of nitrogen functional groups attached to an aromatic ring is 1. The minimum Gasteiger partial charge on any atom is -0.495 e. The van der Waals surface area contributed by atoms with Crippen LogP contribution in [0.4, 0.5) is 5.69 Å². The van der Waals surface area contributed by atoms with Crippen molar-refractivity contribution in [3.05, 3.63) is 52.0 Å². The molecule has 0 amide bonds. The third-order valence-electron chi connectivity index (χ3n) is 2.77. The summed E-state index contributed by atoms with van der Waals surface area (Å²) in [7, 11) is 1.54. The number of methoxy groups -OCH3 is 1. The van der Waals surface area contributed by atoms with Crippen molar-refractivity contribution in [2.45, 2.75) is 6.61 Å². The summed E-state index contributed by atoms with van der Waals surface area (Å²) < 4.78 is 11.6. The Kier molecular flexibility index (Phi) is 4.49. The number of benzene rings is 2. The second kappa shape index (κ2) is 6.31. The van der Waals surface area contributed by atoms with E-state index in [0.717, 1.165) is 10.0 Å². The summed E-state index contributed by atoms with van der Waals surface area (Å²) in [6.07, 6.45) is 0. The molecule has 0 saturated carbocycles. The minimum absolute atomic E-state index is 0.365. The summed E-state index contributed by atoms with van der Waals surface area (Å²) >= 11 is 3.39. The highest BCUT2D eigenvalue weighted by Crippen LogP contribution is 2.31. The maximum Gasteiger partial charge on any atom is 0.137 e. The highest BCUT2D eigenvalue weighted by molar-refractivity contribution is 9.10. The molecule has 0 saturated heterocycles. The fraction of sp³-hybridized carbons (Fsp3) is 0.133. The number of hydrogen-bond donors (Lipinski definition) is 1. The number of ether oxygens (including phenoxy) is 2. The first-order valence-electron chi connectivity index (χ1n) is 5.89. The Morgan fingerprint density at radius 3 is 2.75 bits per heavy atom. The van der Waals surface area contributed by atoms with Crippen LogP contribution in [0, 0.1) is 11.3 Å². The average molecular weight is 333 g/mol. The molecular formula is C15H13BrN2O2. The molecule has 20 heavy (non-hydrogen) atoms. The number of halogens is 1. The largest absolute Gasteiger partial charge is 0.495 e. The van der Waals surface area contributed by atoms with Crippen molar-refractivity contribution in [3.8, 4) is 17.6 Å². The van der Waals surface area contributed by atoms with Crippen molar-refractivity contribution >= 4 is 21.6 Å². The van der Waals surface area contributed by atoms with Crippen molar-refractivity contribution in [1.82, 2.24) is 0 Å². The van der Waals surface area contributed by atoms with Crippen molar-refractivity contribution in [3.63, 3.8) is 0 Å². The van der Waals surface area contributed by atoms with Crippen LogP contribution in [0.25, 0.3) is 0 Å². The van der Waals surface area contributed by atoms with E-state index in [1.165, 1.54) is 7.11 Å². The summed E-state index contributed by atoms with van der Waals surface area (Å²) in [5, 5.41) is 8.93. The molecule has 0 atom stereocenters. The second-order valence-electron chi connectivity index (χ2n) is 4.09. The molecule has 102 valence electrons. The molecule has 0 heterocycles. The number of nitrogens with zero attached hydrogens (tertiary/aromatic N) is 1. The molecule has 0 aliphatic carbocycles. The van der Waals surface area contributed by atoms with Crippen LogP contribution in [0.1, 0.15) is 11.1 Å². The summed E-state index contributed by atoms with van der Waals surface area (Å²) in [5.74, 6) is 1.22. The molecule has 0 aliphatic heterocycles. The van der Waals surface area contributed by atoms with Crippen molar-refractivity contribution in [1.29, 1.82) is 5.26 Å². The van der Waals surface area contributed by atoms with Gasteiger partial charge in [0.15, 0.2) is 0 Å². The lowest BCUT2D eigenvalue weighted by Crippen LogP contribution is -1.99. The zero-order chi connectivity index (χ0) is 14.5. The quantitative estimate of drug-likeness (QED) is 0.870. The number of anilines is 1. The topological polar surface area (TPSA) is 68.3 Å². The first-order chi connectivity index (χ1) is 9.65. The van der Waals surface area contributed by atoms with Gasteiger partial charge < -0.3 is 15.2 Å². The number of hydrogen-bond acceptors (Lipinski definition) is 4. The molecule has 5 heteroatoms. The molecular weight excluding hydrogens is 320 g/mol. The monoisotopic (exact) mass is 332 g/mol. The Hall–Kier alpha value is -2.19. The molecule has 0 spiro atoms. The van der Waals surface area contributed by atoms with Crippen LogP contribution in [0.5, 0.6) is 11.5 Å². The summed E-state index contributed by atoms with van der Waals surface area (Å²) in [6, 6.07) is 12.9.